The molecular formula is C16H19NO2S. The summed E-state index contributed by atoms with van der Waals surface area (Å²) in [6.07, 6.45) is 1.12. The Kier molecular flexibility index (Phi) is 4.23. The summed E-state index contributed by atoms with van der Waals surface area (Å²) in [6, 6.07) is 10.7. The average molecular weight is 289 g/mol. The van der Waals surface area contributed by atoms with E-state index in [0.717, 1.165) is 24.5 Å². The van der Waals surface area contributed by atoms with Crippen LogP contribution >= 0.6 is 11.3 Å². The van der Waals surface area contributed by atoms with Crippen molar-refractivity contribution in [2.45, 2.75) is 19.4 Å². The van der Waals surface area contributed by atoms with E-state index in [0.29, 0.717) is 13.2 Å². The maximum atomic E-state index is 5.69. The summed E-state index contributed by atoms with van der Waals surface area (Å²) < 4.78 is 11.3. The third-order valence-electron chi connectivity index (χ3n) is 3.33. The standard InChI is InChI=1S/C16H19NO2S/c1-2-7-17-16(15-4-3-10-20-15)12-5-6-13-14(11-12)19-9-8-18-13/h3-6,10-11,16-17H,2,7-9H2,1H3. The van der Waals surface area contributed by atoms with Crippen molar-refractivity contribution in [1.29, 1.82) is 0 Å². The molecule has 0 bridgehead atoms. The van der Waals surface area contributed by atoms with Crippen LogP contribution in [0.25, 0.3) is 0 Å². The molecule has 1 aliphatic rings. The monoisotopic (exact) mass is 289 g/mol. The molecule has 1 atom stereocenters. The normalized spacial score (nSPS) is 15.1. The van der Waals surface area contributed by atoms with Crippen molar-refractivity contribution >= 4 is 11.3 Å². The fraction of sp³-hybridized carbons (Fsp3) is 0.375. The van der Waals surface area contributed by atoms with Crippen LogP contribution in [0.2, 0.25) is 0 Å². The summed E-state index contributed by atoms with van der Waals surface area (Å²) in [4.78, 5) is 1.33. The Morgan fingerprint density at radius 2 is 2.05 bits per heavy atom. The van der Waals surface area contributed by atoms with Gasteiger partial charge >= 0.3 is 0 Å². The molecule has 20 heavy (non-hydrogen) atoms. The third kappa shape index (κ3) is 2.81. The Morgan fingerprint density at radius 3 is 2.80 bits per heavy atom. The van der Waals surface area contributed by atoms with Crippen molar-refractivity contribution in [1.82, 2.24) is 5.32 Å². The van der Waals surface area contributed by atoms with Crippen LogP contribution in [0.15, 0.2) is 35.7 Å². The Hall–Kier alpha value is -1.52. The fourth-order valence-electron chi connectivity index (χ4n) is 2.37. The van der Waals surface area contributed by atoms with Crippen molar-refractivity contribution in [2.24, 2.45) is 0 Å². The molecule has 0 amide bonds. The number of fused-ring (bicyclic) bond motifs is 1. The fourth-order valence-corrected chi connectivity index (χ4v) is 3.19. The van der Waals surface area contributed by atoms with Gasteiger partial charge in [0.15, 0.2) is 11.5 Å². The summed E-state index contributed by atoms with van der Waals surface area (Å²) in [5.41, 5.74) is 1.23. The molecule has 2 aromatic rings. The second-order valence-corrected chi connectivity index (χ2v) is 5.78. The van der Waals surface area contributed by atoms with Gasteiger partial charge in [-0.3, -0.25) is 0 Å². The number of hydrogen-bond acceptors (Lipinski definition) is 4. The molecule has 0 aliphatic carbocycles. The Balaban J connectivity index is 1.90. The third-order valence-corrected chi connectivity index (χ3v) is 4.26. The predicted molar refractivity (Wildman–Crippen MR) is 81.9 cm³/mol. The summed E-state index contributed by atoms with van der Waals surface area (Å²) in [6.45, 7) is 4.44. The number of benzene rings is 1. The minimum atomic E-state index is 0.228. The van der Waals surface area contributed by atoms with E-state index in [4.69, 9.17) is 9.47 Å². The molecule has 0 radical (unpaired) electrons. The van der Waals surface area contributed by atoms with Crippen LogP contribution in [-0.4, -0.2) is 19.8 Å². The molecular weight excluding hydrogens is 270 g/mol. The van der Waals surface area contributed by atoms with Crippen LogP contribution in [0.4, 0.5) is 0 Å². The topological polar surface area (TPSA) is 30.5 Å². The second kappa shape index (κ2) is 6.29. The number of hydrogen-bond donors (Lipinski definition) is 1. The van der Waals surface area contributed by atoms with Gasteiger partial charge in [-0.25, -0.2) is 0 Å². The van der Waals surface area contributed by atoms with Crippen molar-refractivity contribution in [3.05, 3.63) is 46.2 Å². The van der Waals surface area contributed by atoms with E-state index in [2.05, 4.69) is 41.9 Å². The summed E-state index contributed by atoms with van der Waals surface area (Å²) >= 11 is 1.78. The minimum Gasteiger partial charge on any atom is -0.486 e. The van der Waals surface area contributed by atoms with Crippen LogP contribution < -0.4 is 14.8 Å². The largest absolute Gasteiger partial charge is 0.486 e. The van der Waals surface area contributed by atoms with Crippen LogP contribution in [0, 0.1) is 0 Å². The summed E-state index contributed by atoms with van der Waals surface area (Å²) in [5, 5.41) is 5.73. The Labute approximate surface area is 123 Å². The van der Waals surface area contributed by atoms with E-state index in [1.165, 1.54) is 10.4 Å². The van der Waals surface area contributed by atoms with Gasteiger partial charge in [-0.15, -0.1) is 11.3 Å². The van der Waals surface area contributed by atoms with Crippen LogP contribution in [0.5, 0.6) is 11.5 Å². The van der Waals surface area contributed by atoms with Gasteiger partial charge in [0.05, 0.1) is 6.04 Å². The zero-order valence-corrected chi connectivity index (χ0v) is 12.4. The lowest BCUT2D eigenvalue weighted by Crippen LogP contribution is -2.23. The minimum absolute atomic E-state index is 0.228. The molecule has 0 fully saturated rings. The van der Waals surface area contributed by atoms with Crippen molar-refractivity contribution in [3.63, 3.8) is 0 Å². The molecule has 3 rings (SSSR count). The van der Waals surface area contributed by atoms with Gasteiger partial charge in [0, 0.05) is 4.88 Å². The van der Waals surface area contributed by atoms with Gasteiger partial charge in [0.2, 0.25) is 0 Å². The highest BCUT2D eigenvalue weighted by Crippen LogP contribution is 2.35. The first-order valence-electron chi connectivity index (χ1n) is 7.05. The quantitative estimate of drug-likeness (QED) is 0.912. The summed E-state index contributed by atoms with van der Waals surface area (Å²) in [5.74, 6) is 1.70. The zero-order chi connectivity index (χ0) is 13.8. The van der Waals surface area contributed by atoms with Gasteiger partial charge in [0.25, 0.3) is 0 Å². The molecule has 1 aliphatic heterocycles. The molecule has 1 unspecified atom stereocenters. The molecule has 0 saturated heterocycles. The van der Waals surface area contributed by atoms with Crippen molar-refractivity contribution in [2.75, 3.05) is 19.8 Å². The second-order valence-electron chi connectivity index (χ2n) is 4.81. The Bertz CT molecular complexity index is 554. The average Bonchev–Trinajstić information content (AvgIpc) is 3.02. The number of rotatable bonds is 5. The molecule has 106 valence electrons. The smallest absolute Gasteiger partial charge is 0.161 e. The molecule has 0 saturated carbocycles. The van der Waals surface area contributed by atoms with Crippen LogP contribution in [-0.2, 0) is 0 Å². The zero-order valence-electron chi connectivity index (χ0n) is 11.6. The molecule has 0 spiro atoms. The molecule has 1 aromatic heterocycles. The van der Waals surface area contributed by atoms with E-state index in [9.17, 15) is 0 Å². The van der Waals surface area contributed by atoms with Crippen LogP contribution in [0.3, 0.4) is 0 Å². The van der Waals surface area contributed by atoms with E-state index in [1.807, 2.05) is 6.07 Å². The van der Waals surface area contributed by atoms with E-state index >= 15 is 0 Å². The number of ether oxygens (including phenoxy) is 2. The first kappa shape index (κ1) is 13.5. The van der Waals surface area contributed by atoms with Gasteiger partial charge < -0.3 is 14.8 Å². The van der Waals surface area contributed by atoms with Gasteiger partial charge in [-0.1, -0.05) is 19.1 Å². The van der Waals surface area contributed by atoms with E-state index in [1.54, 1.807) is 11.3 Å². The highest BCUT2D eigenvalue weighted by Gasteiger charge is 2.18. The van der Waals surface area contributed by atoms with E-state index < -0.39 is 0 Å². The molecule has 1 N–H and O–H groups in total. The first-order chi connectivity index (χ1) is 9.88. The maximum absolute atomic E-state index is 5.69. The molecule has 1 aromatic carbocycles. The van der Waals surface area contributed by atoms with Crippen LogP contribution in [0.1, 0.15) is 29.8 Å². The van der Waals surface area contributed by atoms with Crippen molar-refractivity contribution < 1.29 is 9.47 Å². The Morgan fingerprint density at radius 1 is 1.20 bits per heavy atom. The van der Waals surface area contributed by atoms with Crippen molar-refractivity contribution in [3.8, 4) is 11.5 Å². The maximum Gasteiger partial charge on any atom is 0.161 e. The lowest BCUT2D eigenvalue weighted by Gasteiger charge is -2.22. The highest BCUT2D eigenvalue weighted by atomic mass is 32.1. The lowest BCUT2D eigenvalue weighted by molar-refractivity contribution is 0.171. The molecule has 2 heterocycles. The number of nitrogens with one attached hydrogen (secondary N) is 1. The summed E-state index contributed by atoms with van der Waals surface area (Å²) in [7, 11) is 0. The molecule has 4 heteroatoms. The SMILES string of the molecule is CCCNC(c1ccc2c(c1)OCCO2)c1cccs1. The molecule has 3 nitrogen and oxygen atoms in total. The van der Waals surface area contributed by atoms with Gasteiger partial charge in [0.1, 0.15) is 13.2 Å². The predicted octanol–water partition coefficient (Wildman–Crippen LogP) is 3.61. The highest BCUT2D eigenvalue weighted by molar-refractivity contribution is 7.10. The lowest BCUT2D eigenvalue weighted by atomic mass is 10.0. The van der Waals surface area contributed by atoms with Gasteiger partial charge in [-0.05, 0) is 42.1 Å². The number of thiophene rings is 1. The van der Waals surface area contributed by atoms with E-state index in [-0.39, 0.29) is 6.04 Å². The first-order valence-corrected chi connectivity index (χ1v) is 7.93. The van der Waals surface area contributed by atoms with Gasteiger partial charge in [-0.2, -0.15) is 0 Å².